The molecule has 4 aliphatic carbocycles. The number of allylic oxidation sites excluding steroid dienone is 1. The third-order valence-electron chi connectivity index (χ3n) is 11.7. The minimum absolute atomic E-state index is 0.343. The number of isocyanates is 1. The standard InChI is InChI=1S/C32H53NO2/c1-23(2)9-7-10-24(3)27-11-12-28-31(27,5)18-15-29-30(4)17-14-26(35-20-8-19-33-22-34)21-25(30)13-16-32(28,29)6/h13,23-24,26-29H,7-12,14-21H2,1-6H3/t24-,26+,27-,28-,29-,30+,31-,32+/m1/s1. The fourth-order valence-electron chi connectivity index (χ4n) is 9.89. The van der Waals surface area contributed by atoms with E-state index in [0.29, 0.717) is 35.5 Å². The highest BCUT2D eigenvalue weighted by molar-refractivity contribution is 5.32. The Morgan fingerprint density at radius 2 is 1.80 bits per heavy atom. The van der Waals surface area contributed by atoms with Crippen LogP contribution in [0.25, 0.3) is 0 Å². The molecule has 0 unspecified atom stereocenters. The van der Waals surface area contributed by atoms with Gasteiger partial charge in [-0.25, -0.2) is 9.79 Å². The summed E-state index contributed by atoms with van der Waals surface area (Å²) in [5, 5.41) is 0. The van der Waals surface area contributed by atoms with Crippen LogP contribution in [0.2, 0.25) is 0 Å². The molecular weight excluding hydrogens is 430 g/mol. The minimum atomic E-state index is 0.343. The number of ether oxygens (including phenoxy) is 1. The zero-order chi connectivity index (χ0) is 25.3. The van der Waals surface area contributed by atoms with E-state index in [4.69, 9.17) is 4.74 Å². The van der Waals surface area contributed by atoms with Crippen LogP contribution in [0.5, 0.6) is 0 Å². The molecule has 3 fully saturated rings. The Labute approximate surface area is 216 Å². The van der Waals surface area contributed by atoms with Crippen LogP contribution >= 0.6 is 0 Å². The van der Waals surface area contributed by atoms with Gasteiger partial charge >= 0.3 is 0 Å². The topological polar surface area (TPSA) is 38.7 Å². The van der Waals surface area contributed by atoms with Gasteiger partial charge in [0, 0.05) is 6.61 Å². The molecule has 0 radical (unpaired) electrons. The normalized spacial score (nSPS) is 41.4. The van der Waals surface area contributed by atoms with E-state index in [9.17, 15) is 4.79 Å². The van der Waals surface area contributed by atoms with Crippen molar-refractivity contribution in [1.29, 1.82) is 0 Å². The van der Waals surface area contributed by atoms with E-state index in [0.717, 1.165) is 42.4 Å². The van der Waals surface area contributed by atoms with Crippen molar-refractivity contribution < 1.29 is 9.53 Å². The van der Waals surface area contributed by atoms with E-state index >= 15 is 0 Å². The van der Waals surface area contributed by atoms with Crippen molar-refractivity contribution in [3.8, 4) is 0 Å². The Kier molecular flexibility index (Phi) is 8.39. The second kappa shape index (κ2) is 10.8. The molecule has 198 valence electrons. The zero-order valence-electron chi connectivity index (χ0n) is 23.7. The molecule has 35 heavy (non-hydrogen) atoms. The fraction of sp³-hybridized carbons (Fsp3) is 0.906. The first-order chi connectivity index (χ1) is 16.6. The summed E-state index contributed by atoms with van der Waals surface area (Å²) in [5.41, 5.74) is 3.05. The number of carbonyl (C=O) groups excluding carboxylic acids is 1. The van der Waals surface area contributed by atoms with Crippen molar-refractivity contribution in [3.05, 3.63) is 11.6 Å². The molecule has 0 saturated heterocycles. The van der Waals surface area contributed by atoms with Crippen LogP contribution < -0.4 is 0 Å². The minimum Gasteiger partial charge on any atom is -0.378 e. The lowest BCUT2D eigenvalue weighted by Gasteiger charge is -2.63. The predicted molar refractivity (Wildman–Crippen MR) is 145 cm³/mol. The Morgan fingerprint density at radius 1 is 1.00 bits per heavy atom. The Hall–Kier alpha value is -0.920. The number of aliphatic imine (C=N–C) groups is 1. The largest absolute Gasteiger partial charge is 0.378 e. The summed E-state index contributed by atoms with van der Waals surface area (Å²) in [6.45, 7) is 16.6. The molecule has 3 heteroatoms. The summed E-state index contributed by atoms with van der Waals surface area (Å²) in [6, 6.07) is 0. The molecule has 8 atom stereocenters. The second-order valence-corrected chi connectivity index (χ2v) is 14.1. The third kappa shape index (κ3) is 5.11. The van der Waals surface area contributed by atoms with Gasteiger partial charge < -0.3 is 4.74 Å². The SMILES string of the molecule is CC(C)CCC[C@@H](C)[C@H]1CC[C@@H]2[C@]1(C)CC[C@H]1[C@@]2(C)CC=C2C[C@@H](OCCCN=C=O)CC[C@@]21C. The Balaban J connectivity index is 1.44. The molecule has 4 aliphatic rings. The van der Waals surface area contributed by atoms with Gasteiger partial charge in [0.25, 0.3) is 0 Å². The molecule has 0 aromatic carbocycles. The highest BCUT2D eigenvalue weighted by Gasteiger charge is 2.63. The van der Waals surface area contributed by atoms with Crippen LogP contribution in [0.3, 0.4) is 0 Å². The third-order valence-corrected chi connectivity index (χ3v) is 11.7. The average Bonchev–Trinajstić information content (AvgIpc) is 3.17. The molecule has 0 amide bonds. The van der Waals surface area contributed by atoms with Crippen molar-refractivity contribution in [2.45, 2.75) is 125 Å². The van der Waals surface area contributed by atoms with Crippen molar-refractivity contribution >= 4 is 6.08 Å². The van der Waals surface area contributed by atoms with Gasteiger partial charge in [-0.3, -0.25) is 0 Å². The lowest BCUT2D eigenvalue weighted by Crippen LogP contribution is -2.56. The lowest BCUT2D eigenvalue weighted by atomic mass is 9.41. The van der Waals surface area contributed by atoms with Crippen LogP contribution in [0.4, 0.5) is 0 Å². The first-order valence-corrected chi connectivity index (χ1v) is 15.0. The smallest absolute Gasteiger partial charge is 0.234 e. The van der Waals surface area contributed by atoms with Gasteiger partial charge in [-0.2, -0.15) is 0 Å². The molecule has 0 heterocycles. The first-order valence-electron chi connectivity index (χ1n) is 15.0. The summed E-state index contributed by atoms with van der Waals surface area (Å²) in [4.78, 5) is 13.9. The molecule has 4 rings (SSSR count). The van der Waals surface area contributed by atoms with Gasteiger partial charge in [0.15, 0.2) is 0 Å². The maximum Gasteiger partial charge on any atom is 0.234 e. The van der Waals surface area contributed by atoms with Crippen molar-refractivity contribution in [3.63, 3.8) is 0 Å². The quantitative estimate of drug-likeness (QED) is 0.135. The maximum atomic E-state index is 10.3. The monoisotopic (exact) mass is 483 g/mol. The number of hydrogen-bond acceptors (Lipinski definition) is 3. The van der Waals surface area contributed by atoms with Crippen LogP contribution in [0, 0.1) is 45.8 Å². The Bertz CT molecular complexity index is 812. The van der Waals surface area contributed by atoms with E-state index < -0.39 is 0 Å². The molecule has 0 aromatic rings. The molecule has 0 aromatic heterocycles. The van der Waals surface area contributed by atoms with Gasteiger partial charge in [0.2, 0.25) is 6.08 Å². The van der Waals surface area contributed by atoms with Crippen LogP contribution in [0.1, 0.15) is 119 Å². The van der Waals surface area contributed by atoms with Gasteiger partial charge in [-0.15, -0.1) is 0 Å². The number of nitrogens with zero attached hydrogens (tertiary/aromatic N) is 1. The lowest BCUT2D eigenvalue weighted by molar-refractivity contribution is -0.117. The number of rotatable bonds is 10. The van der Waals surface area contributed by atoms with Crippen LogP contribution in [-0.4, -0.2) is 25.3 Å². The second-order valence-electron chi connectivity index (χ2n) is 14.1. The summed E-state index contributed by atoms with van der Waals surface area (Å²) in [7, 11) is 0. The van der Waals surface area contributed by atoms with Crippen molar-refractivity contribution in [2.75, 3.05) is 13.2 Å². The van der Waals surface area contributed by atoms with Crippen LogP contribution in [0.15, 0.2) is 16.6 Å². The molecule has 3 saturated carbocycles. The van der Waals surface area contributed by atoms with Crippen molar-refractivity contribution in [2.24, 2.45) is 50.8 Å². The maximum absolute atomic E-state index is 10.3. The summed E-state index contributed by atoms with van der Waals surface area (Å²) >= 11 is 0. The van der Waals surface area contributed by atoms with Gasteiger partial charge in [0.1, 0.15) is 0 Å². The van der Waals surface area contributed by atoms with E-state index in [1.807, 2.05) is 0 Å². The highest BCUT2D eigenvalue weighted by atomic mass is 16.5. The first kappa shape index (κ1) is 27.1. The average molecular weight is 484 g/mol. The fourth-order valence-corrected chi connectivity index (χ4v) is 9.89. The van der Waals surface area contributed by atoms with Gasteiger partial charge in [-0.1, -0.05) is 72.5 Å². The summed E-state index contributed by atoms with van der Waals surface area (Å²) < 4.78 is 6.23. The van der Waals surface area contributed by atoms with Gasteiger partial charge in [0.05, 0.1) is 12.6 Å². The molecule has 0 bridgehead atoms. The molecule has 0 aliphatic heterocycles. The summed E-state index contributed by atoms with van der Waals surface area (Å²) in [5.74, 6) is 4.34. The van der Waals surface area contributed by atoms with E-state index in [1.54, 1.807) is 11.7 Å². The molecule has 0 spiro atoms. The molecular formula is C32H53NO2. The summed E-state index contributed by atoms with van der Waals surface area (Å²) in [6.07, 6.45) is 20.3. The van der Waals surface area contributed by atoms with Gasteiger partial charge in [-0.05, 0) is 104 Å². The highest BCUT2D eigenvalue weighted by Crippen LogP contribution is 2.72. The predicted octanol–water partition coefficient (Wildman–Crippen LogP) is 8.53. The Morgan fingerprint density at radius 3 is 2.54 bits per heavy atom. The van der Waals surface area contributed by atoms with Crippen molar-refractivity contribution in [1.82, 2.24) is 0 Å². The zero-order valence-corrected chi connectivity index (χ0v) is 23.7. The number of fused-ring (bicyclic) bond motifs is 5. The van der Waals surface area contributed by atoms with Crippen LogP contribution in [-0.2, 0) is 9.53 Å². The van der Waals surface area contributed by atoms with E-state index in [-0.39, 0.29) is 0 Å². The molecule has 0 N–H and O–H groups in total. The van der Waals surface area contributed by atoms with E-state index in [1.165, 1.54) is 64.2 Å². The number of hydrogen-bond donors (Lipinski definition) is 0. The van der Waals surface area contributed by atoms with E-state index in [2.05, 4.69) is 52.6 Å². The molecule has 3 nitrogen and oxygen atoms in total.